The molecule has 2 aromatic heterocycles. The number of halogens is 1. The van der Waals surface area contributed by atoms with Crippen molar-refractivity contribution in [1.82, 2.24) is 19.7 Å². The van der Waals surface area contributed by atoms with Gasteiger partial charge in [0, 0.05) is 19.0 Å². The van der Waals surface area contributed by atoms with Gasteiger partial charge in [0.1, 0.15) is 11.5 Å². The lowest BCUT2D eigenvalue weighted by Gasteiger charge is -2.10. The van der Waals surface area contributed by atoms with Crippen LogP contribution in [-0.2, 0) is 12.9 Å². The molecule has 2 rings (SSSR count). The number of hydrogen-bond donors (Lipinski definition) is 0. The normalized spacial score (nSPS) is 11.1. The summed E-state index contributed by atoms with van der Waals surface area (Å²) in [6.45, 7) is 5.99. The Morgan fingerprint density at radius 1 is 1.42 bits per heavy atom. The molecule has 0 atom stereocenters. The zero-order valence-electron chi connectivity index (χ0n) is 11.5. The SMILES string of the molecule is Cc1cc(Oc2cnc(C(C)C)nc2CCl)n(C)n1. The van der Waals surface area contributed by atoms with Crippen LogP contribution in [0.15, 0.2) is 12.3 Å². The average Bonchev–Trinajstić information content (AvgIpc) is 2.68. The second-order valence-electron chi connectivity index (χ2n) is 4.68. The summed E-state index contributed by atoms with van der Waals surface area (Å²) in [5, 5.41) is 4.23. The number of rotatable bonds is 4. The van der Waals surface area contributed by atoms with E-state index in [0.717, 1.165) is 11.5 Å². The van der Waals surface area contributed by atoms with Crippen molar-refractivity contribution in [3.8, 4) is 11.6 Å². The molecule has 0 spiro atoms. The number of aryl methyl sites for hydroxylation is 2. The first-order valence-corrected chi connectivity index (χ1v) is 6.65. The van der Waals surface area contributed by atoms with Gasteiger partial charge in [-0.3, -0.25) is 0 Å². The Morgan fingerprint density at radius 3 is 2.68 bits per heavy atom. The monoisotopic (exact) mass is 280 g/mol. The highest BCUT2D eigenvalue weighted by atomic mass is 35.5. The van der Waals surface area contributed by atoms with E-state index >= 15 is 0 Å². The van der Waals surface area contributed by atoms with E-state index in [1.54, 1.807) is 10.9 Å². The van der Waals surface area contributed by atoms with Crippen LogP contribution in [0.1, 0.15) is 37.0 Å². The maximum absolute atomic E-state index is 5.93. The average molecular weight is 281 g/mol. The zero-order valence-corrected chi connectivity index (χ0v) is 12.3. The van der Waals surface area contributed by atoms with Gasteiger partial charge in [-0.05, 0) is 6.92 Å². The summed E-state index contributed by atoms with van der Waals surface area (Å²) in [5.74, 6) is 2.53. The van der Waals surface area contributed by atoms with E-state index in [-0.39, 0.29) is 11.8 Å². The largest absolute Gasteiger partial charge is 0.436 e. The Kier molecular flexibility index (Phi) is 4.04. The molecule has 0 N–H and O–H groups in total. The lowest BCUT2D eigenvalue weighted by Crippen LogP contribution is -2.03. The van der Waals surface area contributed by atoms with Gasteiger partial charge in [-0.15, -0.1) is 11.6 Å². The van der Waals surface area contributed by atoms with Gasteiger partial charge in [0.2, 0.25) is 5.88 Å². The molecule has 102 valence electrons. The van der Waals surface area contributed by atoms with E-state index in [2.05, 4.69) is 15.1 Å². The van der Waals surface area contributed by atoms with Crippen molar-refractivity contribution in [3.63, 3.8) is 0 Å². The van der Waals surface area contributed by atoms with Gasteiger partial charge in [-0.2, -0.15) is 5.10 Å². The van der Waals surface area contributed by atoms with Crippen LogP contribution in [-0.4, -0.2) is 19.7 Å². The minimum atomic E-state index is 0.259. The van der Waals surface area contributed by atoms with E-state index in [1.165, 1.54) is 0 Å². The number of aromatic nitrogens is 4. The molecular formula is C13H17ClN4O. The Bertz CT molecular complexity index is 580. The summed E-state index contributed by atoms with van der Waals surface area (Å²) >= 11 is 5.93. The third-order valence-electron chi connectivity index (χ3n) is 2.66. The van der Waals surface area contributed by atoms with Gasteiger partial charge in [-0.1, -0.05) is 13.8 Å². The van der Waals surface area contributed by atoms with Gasteiger partial charge in [0.15, 0.2) is 5.75 Å². The minimum Gasteiger partial charge on any atom is -0.436 e. The summed E-state index contributed by atoms with van der Waals surface area (Å²) in [4.78, 5) is 8.72. The topological polar surface area (TPSA) is 52.8 Å². The third-order valence-corrected chi connectivity index (χ3v) is 2.92. The van der Waals surface area contributed by atoms with Gasteiger partial charge in [0.05, 0.1) is 17.8 Å². The molecule has 0 aliphatic heterocycles. The molecule has 0 bridgehead atoms. The van der Waals surface area contributed by atoms with Crippen molar-refractivity contribution in [2.75, 3.05) is 0 Å². The Hall–Kier alpha value is -1.62. The molecule has 19 heavy (non-hydrogen) atoms. The van der Waals surface area contributed by atoms with Crippen LogP contribution in [0.5, 0.6) is 11.6 Å². The number of ether oxygens (including phenoxy) is 1. The van der Waals surface area contributed by atoms with Crippen molar-refractivity contribution in [2.45, 2.75) is 32.6 Å². The molecule has 0 aliphatic carbocycles. The number of hydrogen-bond acceptors (Lipinski definition) is 4. The molecule has 0 fully saturated rings. The van der Waals surface area contributed by atoms with Crippen LogP contribution in [0.3, 0.4) is 0 Å². The minimum absolute atomic E-state index is 0.259. The van der Waals surface area contributed by atoms with Crippen LogP contribution >= 0.6 is 11.6 Å². The first kappa shape index (κ1) is 13.8. The summed E-state index contributed by atoms with van der Waals surface area (Å²) in [6.07, 6.45) is 1.67. The fourth-order valence-electron chi connectivity index (χ4n) is 1.68. The molecule has 0 amide bonds. The lowest BCUT2D eigenvalue weighted by molar-refractivity contribution is 0.421. The Labute approximate surface area is 117 Å². The van der Waals surface area contributed by atoms with Crippen molar-refractivity contribution in [1.29, 1.82) is 0 Å². The van der Waals surface area contributed by atoms with Crippen LogP contribution in [0.25, 0.3) is 0 Å². The van der Waals surface area contributed by atoms with Gasteiger partial charge < -0.3 is 4.74 Å². The van der Waals surface area contributed by atoms with Crippen molar-refractivity contribution < 1.29 is 4.74 Å². The molecule has 0 aromatic carbocycles. The van der Waals surface area contributed by atoms with Gasteiger partial charge in [-0.25, -0.2) is 14.6 Å². The van der Waals surface area contributed by atoms with Gasteiger partial charge in [0.25, 0.3) is 0 Å². The molecule has 0 saturated carbocycles. The highest BCUT2D eigenvalue weighted by Crippen LogP contribution is 2.26. The molecule has 5 nitrogen and oxygen atoms in total. The van der Waals surface area contributed by atoms with Crippen molar-refractivity contribution >= 4 is 11.6 Å². The van der Waals surface area contributed by atoms with Crippen LogP contribution < -0.4 is 4.74 Å². The molecule has 0 radical (unpaired) electrons. The fraction of sp³-hybridized carbons (Fsp3) is 0.462. The third kappa shape index (κ3) is 3.04. The quantitative estimate of drug-likeness (QED) is 0.807. The number of nitrogens with zero attached hydrogens (tertiary/aromatic N) is 4. The molecule has 0 unspecified atom stereocenters. The van der Waals surface area contributed by atoms with Gasteiger partial charge >= 0.3 is 0 Å². The summed E-state index contributed by atoms with van der Waals surface area (Å²) in [5.41, 5.74) is 1.59. The number of alkyl halides is 1. The van der Waals surface area contributed by atoms with E-state index in [9.17, 15) is 0 Å². The molecular weight excluding hydrogens is 264 g/mol. The highest BCUT2D eigenvalue weighted by Gasteiger charge is 2.12. The summed E-state index contributed by atoms with van der Waals surface area (Å²) in [7, 11) is 1.83. The van der Waals surface area contributed by atoms with Crippen LogP contribution in [0.4, 0.5) is 0 Å². The maximum Gasteiger partial charge on any atom is 0.217 e. The fourth-order valence-corrected chi connectivity index (χ4v) is 1.87. The molecule has 0 aliphatic rings. The molecule has 0 saturated heterocycles. The maximum atomic E-state index is 5.93. The predicted molar refractivity (Wildman–Crippen MR) is 73.7 cm³/mol. The first-order chi connectivity index (χ1) is 9.01. The van der Waals surface area contributed by atoms with Crippen LogP contribution in [0.2, 0.25) is 0 Å². The Balaban J connectivity index is 2.32. The molecule has 2 heterocycles. The molecule has 2 aromatic rings. The Morgan fingerprint density at radius 2 is 2.16 bits per heavy atom. The standard InChI is InChI=1S/C13H17ClN4O/c1-8(2)13-15-7-11(10(6-14)16-13)19-12-5-9(3)17-18(12)4/h5,7-8H,6H2,1-4H3. The summed E-state index contributed by atoms with van der Waals surface area (Å²) < 4.78 is 7.45. The predicted octanol–water partition coefficient (Wildman–Crippen LogP) is 3.17. The van der Waals surface area contributed by atoms with Crippen molar-refractivity contribution in [2.24, 2.45) is 7.05 Å². The second-order valence-corrected chi connectivity index (χ2v) is 4.94. The summed E-state index contributed by atoms with van der Waals surface area (Å²) in [6, 6.07) is 1.86. The van der Waals surface area contributed by atoms with E-state index in [4.69, 9.17) is 16.3 Å². The zero-order chi connectivity index (χ0) is 14.0. The van der Waals surface area contributed by atoms with Crippen molar-refractivity contribution in [3.05, 3.63) is 29.5 Å². The highest BCUT2D eigenvalue weighted by molar-refractivity contribution is 6.17. The molecule has 6 heteroatoms. The smallest absolute Gasteiger partial charge is 0.217 e. The van der Waals surface area contributed by atoms with E-state index < -0.39 is 0 Å². The first-order valence-electron chi connectivity index (χ1n) is 6.11. The van der Waals surface area contributed by atoms with Crippen LogP contribution in [0, 0.1) is 6.92 Å². The second kappa shape index (κ2) is 5.57. The lowest BCUT2D eigenvalue weighted by atomic mass is 10.2. The van der Waals surface area contributed by atoms with E-state index in [1.807, 2.05) is 33.9 Å². The van der Waals surface area contributed by atoms with E-state index in [0.29, 0.717) is 17.3 Å².